The Morgan fingerprint density at radius 1 is 0.750 bits per heavy atom. The fourth-order valence-electron chi connectivity index (χ4n) is 4.97. The highest BCUT2D eigenvalue weighted by molar-refractivity contribution is 6.25. The van der Waals surface area contributed by atoms with Crippen LogP contribution in [0.5, 0.6) is 5.75 Å². The average Bonchev–Trinajstić information content (AvgIpc) is 2.87. The summed E-state index contributed by atoms with van der Waals surface area (Å²) in [6, 6.07) is 24.1. The van der Waals surface area contributed by atoms with Gasteiger partial charge < -0.3 is 14.5 Å². The number of pyridine rings is 1. The molecule has 1 aliphatic carbocycles. The van der Waals surface area contributed by atoms with Crippen LogP contribution in [0.3, 0.4) is 0 Å². The summed E-state index contributed by atoms with van der Waals surface area (Å²) < 4.78 is 5.55. The van der Waals surface area contributed by atoms with Crippen molar-refractivity contribution in [3.8, 4) is 16.9 Å². The van der Waals surface area contributed by atoms with E-state index in [-0.39, 0.29) is 5.78 Å². The van der Waals surface area contributed by atoms with Gasteiger partial charge in [-0.3, -0.25) is 4.79 Å². The summed E-state index contributed by atoms with van der Waals surface area (Å²) in [6.45, 7) is 3.53. The third kappa shape index (κ3) is 2.85. The van der Waals surface area contributed by atoms with Crippen molar-refractivity contribution in [2.45, 2.75) is 0 Å². The molecule has 0 N–H and O–H groups in total. The van der Waals surface area contributed by atoms with Gasteiger partial charge in [0, 0.05) is 42.7 Å². The van der Waals surface area contributed by atoms with Crippen molar-refractivity contribution >= 4 is 28.2 Å². The van der Waals surface area contributed by atoms with Gasteiger partial charge in [0.15, 0.2) is 5.78 Å². The highest BCUT2D eigenvalue weighted by Gasteiger charge is 2.27. The highest BCUT2D eigenvalue weighted by Crippen LogP contribution is 2.40. The zero-order valence-corrected chi connectivity index (χ0v) is 17.9. The second-order valence-electron chi connectivity index (χ2n) is 8.25. The van der Waals surface area contributed by atoms with E-state index in [0.29, 0.717) is 0 Å². The van der Waals surface area contributed by atoms with E-state index in [1.54, 1.807) is 7.11 Å². The van der Waals surface area contributed by atoms with Gasteiger partial charge in [-0.25, -0.2) is 4.98 Å². The molecule has 0 unspecified atom stereocenters. The number of rotatable bonds is 3. The van der Waals surface area contributed by atoms with Crippen molar-refractivity contribution in [1.82, 2.24) is 4.98 Å². The van der Waals surface area contributed by atoms with Gasteiger partial charge in [0.25, 0.3) is 0 Å². The second-order valence-corrected chi connectivity index (χ2v) is 8.25. The van der Waals surface area contributed by atoms with Gasteiger partial charge in [-0.05, 0) is 35.4 Å². The van der Waals surface area contributed by atoms with E-state index >= 15 is 0 Å². The Morgan fingerprint density at radius 3 is 2.25 bits per heavy atom. The van der Waals surface area contributed by atoms with Crippen LogP contribution in [-0.4, -0.2) is 44.1 Å². The van der Waals surface area contributed by atoms with Gasteiger partial charge in [0.2, 0.25) is 0 Å². The van der Waals surface area contributed by atoms with E-state index in [1.807, 2.05) is 54.6 Å². The lowest BCUT2D eigenvalue weighted by Gasteiger charge is -2.37. The largest absolute Gasteiger partial charge is 0.495 e. The molecule has 0 atom stereocenters. The number of carbonyl (C=O) groups is 1. The normalized spacial score (nSPS) is 15.1. The smallest absolute Gasteiger partial charge is 0.194 e. The lowest BCUT2D eigenvalue weighted by Crippen LogP contribution is -2.47. The first kappa shape index (κ1) is 18.9. The third-order valence-electron chi connectivity index (χ3n) is 6.56. The standard InChI is InChI=1S/C27H23N3O2/c1-32-24-12-5-4-11-23(24)29-13-15-30(16-14-29)25-17-21-18-7-2-3-8-19(18)27(31)20-9-6-10-22(28-25)26(20)21/h2-12,17H,13-16H2,1H3. The topological polar surface area (TPSA) is 45.7 Å². The zero-order chi connectivity index (χ0) is 21.7. The molecule has 6 rings (SSSR count). The Labute approximate surface area is 186 Å². The maximum Gasteiger partial charge on any atom is 0.194 e. The van der Waals surface area contributed by atoms with E-state index < -0.39 is 0 Å². The lowest BCUT2D eigenvalue weighted by molar-refractivity contribution is 0.104. The van der Waals surface area contributed by atoms with Crippen molar-refractivity contribution in [1.29, 1.82) is 0 Å². The minimum absolute atomic E-state index is 0.0821. The van der Waals surface area contributed by atoms with Crippen LogP contribution in [0.15, 0.2) is 72.8 Å². The molecule has 0 saturated carbocycles. The van der Waals surface area contributed by atoms with Crippen molar-refractivity contribution in [3.63, 3.8) is 0 Å². The summed E-state index contributed by atoms with van der Waals surface area (Å²) >= 11 is 0. The summed E-state index contributed by atoms with van der Waals surface area (Å²) in [4.78, 5) is 22.7. The van der Waals surface area contributed by atoms with Crippen LogP contribution in [0.2, 0.25) is 0 Å². The molecule has 0 spiro atoms. The Bertz CT molecular complexity index is 1360. The Balaban J connectivity index is 1.37. The molecule has 0 radical (unpaired) electrons. The number of aromatic nitrogens is 1. The second kappa shape index (κ2) is 7.38. The van der Waals surface area contributed by atoms with Crippen molar-refractivity contribution in [2.24, 2.45) is 0 Å². The fourth-order valence-corrected chi connectivity index (χ4v) is 4.97. The third-order valence-corrected chi connectivity index (χ3v) is 6.56. The first-order valence-electron chi connectivity index (χ1n) is 11.0. The predicted octanol–water partition coefficient (Wildman–Crippen LogP) is 4.78. The fraction of sp³-hybridized carbons (Fsp3) is 0.185. The van der Waals surface area contributed by atoms with Crippen LogP contribution in [0.4, 0.5) is 11.5 Å². The van der Waals surface area contributed by atoms with Crippen LogP contribution >= 0.6 is 0 Å². The number of piperazine rings is 1. The molecular formula is C27H23N3O2. The van der Waals surface area contributed by atoms with Gasteiger partial charge in [0.1, 0.15) is 11.6 Å². The number of ether oxygens (including phenoxy) is 1. The lowest BCUT2D eigenvalue weighted by atomic mass is 9.84. The number of hydrogen-bond donors (Lipinski definition) is 0. The summed E-state index contributed by atoms with van der Waals surface area (Å²) in [6.07, 6.45) is 0. The summed E-state index contributed by atoms with van der Waals surface area (Å²) in [5, 5.41) is 0.965. The first-order chi connectivity index (χ1) is 15.7. The zero-order valence-electron chi connectivity index (χ0n) is 17.9. The molecule has 2 heterocycles. The van der Waals surface area contributed by atoms with Gasteiger partial charge in [-0.2, -0.15) is 0 Å². The van der Waals surface area contributed by atoms with E-state index in [4.69, 9.17) is 9.72 Å². The molecule has 2 aliphatic rings. The first-order valence-corrected chi connectivity index (χ1v) is 11.0. The molecule has 1 saturated heterocycles. The molecule has 5 nitrogen and oxygen atoms in total. The summed E-state index contributed by atoms with van der Waals surface area (Å²) in [5.74, 6) is 1.95. The number of carbonyl (C=O) groups excluding carboxylic acids is 1. The van der Waals surface area contributed by atoms with E-state index in [2.05, 4.69) is 28.0 Å². The molecular weight excluding hydrogens is 398 g/mol. The highest BCUT2D eigenvalue weighted by atomic mass is 16.5. The molecule has 32 heavy (non-hydrogen) atoms. The molecule has 1 aromatic heterocycles. The molecule has 0 amide bonds. The average molecular weight is 422 g/mol. The number of hydrogen-bond acceptors (Lipinski definition) is 5. The molecule has 1 aliphatic heterocycles. The van der Waals surface area contributed by atoms with Gasteiger partial charge >= 0.3 is 0 Å². The maximum atomic E-state index is 13.1. The molecule has 4 aromatic rings. The summed E-state index contributed by atoms with van der Waals surface area (Å²) in [7, 11) is 1.72. The van der Waals surface area contributed by atoms with Gasteiger partial charge in [0.05, 0.1) is 18.3 Å². The van der Waals surface area contributed by atoms with Crippen LogP contribution < -0.4 is 14.5 Å². The monoisotopic (exact) mass is 421 g/mol. The summed E-state index contributed by atoms with van der Waals surface area (Å²) in [5.41, 5.74) is 5.63. The molecule has 158 valence electrons. The Kier molecular flexibility index (Phi) is 4.35. The molecule has 3 aromatic carbocycles. The van der Waals surface area contributed by atoms with Crippen molar-refractivity contribution in [3.05, 3.63) is 83.9 Å². The Hall–Kier alpha value is -3.86. The molecule has 1 fully saturated rings. The van der Waals surface area contributed by atoms with Crippen molar-refractivity contribution < 1.29 is 9.53 Å². The minimum atomic E-state index is 0.0821. The quantitative estimate of drug-likeness (QED) is 0.420. The molecule has 5 heteroatoms. The van der Waals surface area contributed by atoms with Gasteiger partial charge in [-0.15, -0.1) is 0 Å². The van der Waals surface area contributed by atoms with Crippen LogP contribution in [0.25, 0.3) is 22.0 Å². The number of nitrogens with zero attached hydrogens (tertiary/aromatic N) is 3. The van der Waals surface area contributed by atoms with Crippen LogP contribution in [0.1, 0.15) is 15.9 Å². The van der Waals surface area contributed by atoms with E-state index in [9.17, 15) is 4.79 Å². The number of benzene rings is 3. The maximum absolute atomic E-state index is 13.1. The number of fused-ring (bicyclic) bond motifs is 2. The van der Waals surface area contributed by atoms with E-state index in [1.165, 1.54) is 0 Å². The van der Waals surface area contributed by atoms with Gasteiger partial charge in [-0.1, -0.05) is 48.5 Å². The van der Waals surface area contributed by atoms with Crippen molar-refractivity contribution in [2.75, 3.05) is 43.1 Å². The minimum Gasteiger partial charge on any atom is -0.495 e. The SMILES string of the molecule is COc1ccccc1N1CCN(c2cc3c4c(cccc4n2)C(=O)c2ccccc2-3)CC1. The number of ketones is 1. The number of methoxy groups -OCH3 is 1. The number of para-hydroxylation sites is 2. The number of anilines is 2. The Morgan fingerprint density at radius 2 is 1.44 bits per heavy atom. The van der Waals surface area contributed by atoms with E-state index in [0.717, 1.165) is 76.6 Å². The predicted molar refractivity (Wildman–Crippen MR) is 128 cm³/mol. The van der Waals surface area contributed by atoms with Crippen LogP contribution in [0, 0.1) is 0 Å². The molecule has 0 bridgehead atoms. The van der Waals surface area contributed by atoms with Crippen LogP contribution in [-0.2, 0) is 0 Å².